The summed E-state index contributed by atoms with van der Waals surface area (Å²) in [6, 6.07) is 8.33. The largest absolute Gasteiger partial charge is 0.347 e. The lowest BCUT2D eigenvalue weighted by molar-refractivity contribution is -0.136. The summed E-state index contributed by atoms with van der Waals surface area (Å²) >= 11 is 0. The fourth-order valence-corrected chi connectivity index (χ4v) is 4.17. The number of carbonyl (C=O) groups excluding carboxylic acids is 2. The summed E-state index contributed by atoms with van der Waals surface area (Å²) in [5.41, 5.74) is 3.29. The minimum atomic E-state index is -0.177. The molecule has 5 nitrogen and oxygen atoms in total. The van der Waals surface area contributed by atoms with Gasteiger partial charge in [-0.25, -0.2) is 0 Å². The number of allylic oxidation sites excluding steroid dienone is 1. The predicted molar refractivity (Wildman–Crippen MR) is 109 cm³/mol. The standard InChI is InChI=1S/C22H31N3O2/c1-16(2)21(27)25-12-10-24(11-13-25)15-17(26)14-20-22(3,4)18-8-6-7-9-19(18)23(20)5/h6-9,14,16H,10-13,15H2,1-5H3/b20-14+. The summed E-state index contributed by atoms with van der Waals surface area (Å²) in [6.45, 7) is 11.5. The van der Waals surface area contributed by atoms with E-state index in [-0.39, 0.29) is 23.0 Å². The molecule has 2 aliphatic heterocycles. The van der Waals surface area contributed by atoms with Crippen molar-refractivity contribution in [3.8, 4) is 0 Å². The average molecular weight is 370 g/mol. The highest BCUT2D eigenvalue weighted by molar-refractivity contribution is 5.94. The summed E-state index contributed by atoms with van der Waals surface area (Å²) in [5.74, 6) is 0.362. The molecule has 3 rings (SSSR count). The number of likely N-dealkylation sites (N-methyl/N-ethyl adjacent to an activating group) is 1. The number of ketones is 1. The molecule has 0 bridgehead atoms. The SMILES string of the molecule is CC(C)C(=O)N1CCN(CC(=O)/C=C2/N(C)c3ccccc3C2(C)C)CC1. The molecule has 0 atom stereocenters. The van der Waals surface area contributed by atoms with E-state index in [2.05, 4.69) is 41.8 Å². The molecule has 27 heavy (non-hydrogen) atoms. The van der Waals surface area contributed by atoms with Crippen LogP contribution in [0.2, 0.25) is 0 Å². The number of para-hydroxylation sites is 1. The van der Waals surface area contributed by atoms with Crippen molar-refractivity contribution in [3.63, 3.8) is 0 Å². The second-order valence-corrected chi connectivity index (χ2v) is 8.45. The van der Waals surface area contributed by atoms with E-state index in [4.69, 9.17) is 0 Å². The van der Waals surface area contributed by atoms with E-state index in [1.54, 1.807) is 0 Å². The second-order valence-electron chi connectivity index (χ2n) is 8.45. The van der Waals surface area contributed by atoms with Gasteiger partial charge in [-0.3, -0.25) is 14.5 Å². The highest BCUT2D eigenvalue weighted by Gasteiger charge is 2.38. The van der Waals surface area contributed by atoms with E-state index in [1.165, 1.54) is 11.3 Å². The number of carbonyl (C=O) groups is 2. The van der Waals surface area contributed by atoms with Crippen LogP contribution in [-0.2, 0) is 15.0 Å². The molecule has 1 aromatic carbocycles. The monoisotopic (exact) mass is 369 g/mol. The topological polar surface area (TPSA) is 43.9 Å². The van der Waals surface area contributed by atoms with Crippen molar-refractivity contribution in [2.75, 3.05) is 44.7 Å². The summed E-state index contributed by atoms with van der Waals surface area (Å²) in [5, 5.41) is 0. The van der Waals surface area contributed by atoms with E-state index < -0.39 is 0 Å². The lowest BCUT2D eigenvalue weighted by Gasteiger charge is -2.35. The van der Waals surface area contributed by atoms with Gasteiger partial charge in [0.15, 0.2) is 5.78 Å². The number of anilines is 1. The van der Waals surface area contributed by atoms with Crippen molar-refractivity contribution in [2.24, 2.45) is 5.92 Å². The molecule has 146 valence electrons. The molecule has 1 aromatic rings. The van der Waals surface area contributed by atoms with Crippen LogP contribution in [0.15, 0.2) is 36.0 Å². The van der Waals surface area contributed by atoms with Gasteiger partial charge in [-0.2, -0.15) is 0 Å². The zero-order chi connectivity index (χ0) is 19.8. The van der Waals surface area contributed by atoms with Gasteiger partial charge in [0.1, 0.15) is 0 Å². The Hall–Kier alpha value is -2.14. The lowest BCUT2D eigenvalue weighted by Crippen LogP contribution is -2.50. The number of hydrogen-bond donors (Lipinski definition) is 0. The number of rotatable bonds is 4. The summed E-state index contributed by atoms with van der Waals surface area (Å²) in [6.07, 6.45) is 1.81. The van der Waals surface area contributed by atoms with Gasteiger partial charge in [-0.15, -0.1) is 0 Å². The van der Waals surface area contributed by atoms with Crippen molar-refractivity contribution in [1.82, 2.24) is 9.80 Å². The molecular formula is C22H31N3O2. The van der Waals surface area contributed by atoms with Crippen molar-refractivity contribution >= 4 is 17.4 Å². The van der Waals surface area contributed by atoms with Crippen LogP contribution in [0.3, 0.4) is 0 Å². The van der Waals surface area contributed by atoms with Crippen LogP contribution in [0.4, 0.5) is 5.69 Å². The Morgan fingerprint density at radius 1 is 1.11 bits per heavy atom. The maximum absolute atomic E-state index is 12.8. The molecule has 0 spiro atoms. The first-order chi connectivity index (χ1) is 12.7. The van der Waals surface area contributed by atoms with Gasteiger partial charge in [0.25, 0.3) is 0 Å². The number of benzene rings is 1. The molecule has 0 radical (unpaired) electrons. The Morgan fingerprint density at radius 2 is 1.74 bits per heavy atom. The predicted octanol–water partition coefficient (Wildman–Crippen LogP) is 2.67. The molecule has 5 heteroatoms. The zero-order valence-corrected chi connectivity index (χ0v) is 17.2. The van der Waals surface area contributed by atoms with Crippen LogP contribution < -0.4 is 4.90 Å². The first-order valence-electron chi connectivity index (χ1n) is 9.81. The van der Waals surface area contributed by atoms with E-state index in [0.717, 1.165) is 18.8 Å². The number of piperazine rings is 1. The average Bonchev–Trinajstić information content (AvgIpc) is 2.83. The molecule has 2 heterocycles. The quantitative estimate of drug-likeness (QED) is 0.766. The van der Waals surface area contributed by atoms with Gasteiger partial charge in [0.2, 0.25) is 5.91 Å². The summed E-state index contributed by atoms with van der Waals surface area (Å²) in [7, 11) is 2.03. The Balaban J connectivity index is 1.64. The van der Waals surface area contributed by atoms with Gasteiger partial charge in [0, 0.05) is 62.0 Å². The van der Waals surface area contributed by atoms with E-state index in [1.807, 2.05) is 37.9 Å². The Morgan fingerprint density at radius 3 is 2.33 bits per heavy atom. The highest BCUT2D eigenvalue weighted by atomic mass is 16.2. The van der Waals surface area contributed by atoms with E-state index in [9.17, 15) is 9.59 Å². The van der Waals surface area contributed by atoms with Crippen molar-refractivity contribution in [1.29, 1.82) is 0 Å². The normalized spacial score (nSPS) is 21.0. The van der Waals surface area contributed by atoms with Crippen LogP contribution in [0, 0.1) is 5.92 Å². The molecule has 0 unspecified atom stereocenters. The molecule has 0 aliphatic carbocycles. The summed E-state index contributed by atoms with van der Waals surface area (Å²) in [4.78, 5) is 31.0. The van der Waals surface area contributed by atoms with Crippen molar-refractivity contribution in [2.45, 2.75) is 33.1 Å². The number of hydrogen-bond acceptors (Lipinski definition) is 4. The Labute approximate surface area is 162 Å². The van der Waals surface area contributed by atoms with Crippen LogP contribution in [0.1, 0.15) is 33.3 Å². The molecule has 1 fully saturated rings. The molecule has 0 aromatic heterocycles. The van der Waals surface area contributed by atoms with Crippen molar-refractivity contribution in [3.05, 3.63) is 41.6 Å². The van der Waals surface area contributed by atoms with E-state index >= 15 is 0 Å². The lowest BCUT2D eigenvalue weighted by atomic mass is 9.83. The maximum atomic E-state index is 12.8. The van der Waals surface area contributed by atoms with Gasteiger partial charge < -0.3 is 9.80 Å². The smallest absolute Gasteiger partial charge is 0.225 e. The van der Waals surface area contributed by atoms with E-state index in [0.29, 0.717) is 19.6 Å². The molecule has 0 saturated carbocycles. The highest BCUT2D eigenvalue weighted by Crippen LogP contribution is 2.46. The van der Waals surface area contributed by atoms with Gasteiger partial charge >= 0.3 is 0 Å². The zero-order valence-electron chi connectivity index (χ0n) is 17.2. The second kappa shape index (κ2) is 7.47. The summed E-state index contributed by atoms with van der Waals surface area (Å²) < 4.78 is 0. The third-order valence-corrected chi connectivity index (χ3v) is 5.80. The fourth-order valence-electron chi connectivity index (χ4n) is 4.17. The molecule has 1 amide bonds. The first-order valence-corrected chi connectivity index (χ1v) is 9.81. The Kier molecular flexibility index (Phi) is 5.43. The number of amides is 1. The van der Waals surface area contributed by atoms with Crippen molar-refractivity contribution < 1.29 is 9.59 Å². The maximum Gasteiger partial charge on any atom is 0.225 e. The minimum Gasteiger partial charge on any atom is -0.347 e. The molecule has 1 saturated heterocycles. The van der Waals surface area contributed by atoms with Crippen LogP contribution in [-0.4, -0.2) is 61.3 Å². The molecular weight excluding hydrogens is 338 g/mol. The van der Waals surface area contributed by atoms with Crippen LogP contribution in [0.5, 0.6) is 0 Å². The number of nitrogens with zero attached hydrogens (tertiary/aromatic N) is 3. The van der Waals surface area contributed by atoms with Gasteiger partial charge in [-0.1, -0.05) is 45.9 Å². The van der Waals surface area contributed by atoms with Gasteiger partial charge in [-0.05, 0) is 11.6 Å². The minimum absolute atomic E-state index is 0.0321. The van der Waals surface area contributed by atoms with Crippen LogP contribution in [0.25, 0.3) is 0 Å². The third-order valence-electron chi connectivity index (χ3n) is 5.80. The first kappa shape index (κ1) is 19.6. The van der Waals surface area contributed by atoms with Crippen LogP contribution >= 0.6 is 0 Å². The fraction of sp³-hybridized carbons (Fsp3) is 0.545. The third kappa shape index (κ3) is 3.79. The molecule has 2 aliphatic rings. The van der Waals surface area contributed by atoms with Gasteiger partial charge in [0.05, 0.1) is 6.54 Å². The Bertz CT molecular complexity index is 759. The number of fused-ring (bicyclic) bond motifs is 1. The molecule has 0 N–H and O–H groups in total.